The van der Waals surface area contributed by atoms with Gasteiger partial charge in [0.15, 0.2) is 6.10 Å². The van der Waals surface area contributed by atoms with Gasteiger partial charge in [-0.15, -0.1) is 0 Å². The average molecular weight is 989 g/mol. The van der Waals surface area contributed by atoms with Gasteiger partial charge in [0.1, 0.15) is 12.4 Å². The average Bonchev–Trinajstić information content (AvgIpc) is 3.34. The molecule has 0 aliphatic rings. The standard InChI is InChI=1S/C54H109N4O9P/c1-4-6-8-10-12-14-16-18-20-22-24-26-28-30-32-40-53(60)64-48-50(67-54(61)41-33-31-29-27-25-23-21-19-17-15-13-11-9-7-5-2)49-66-68(62,63-3)65-47-35-39-52(59)51(58-46-37-43-56)38-34-44-57-45-36-42-55/h50-51,57-58H,4-49,55-56H2,1-3H3. The Labute approximate surface area is 417 Å². The van der Waals surface area contributed by atoms with Gasteiger partial charge in [-0.2, -0.15) is 0 Å². The number of ether oxygens (including phenoxy) is 2. The molecule has 0 bridgehead atoms. The van der Waals surface area contributed by atoms with Gasteiger partial charge in [-0.3, -0.25) is 28.0 Å². The van der Waals surface area contributed by atoms with E-state index in [1.165, 1.54) is 155 Å². The number of esters is 2. The lowest BCUT2D eigenvalue weighted by Gasteiger charge is -2.21. The van der Waals surface area contributed by atoms with E-state index in [-0.39, 0.29) is 56.9 Å². The van der Waals surface area contributed by atoms with Crippen LogP contribution < -0.4 is 22.1 Å². The van der Waals surface area contributed by atoms with Gasteiger partial charge < -0.3 is 31.6 Å². The molecule has 14 heteroatoms. The Kier molecular flexibility index (Phi) is 50.8. The first-order valence-corrected chi connectivity index (χ1v) is 29.9. The van der Waals surface area contributed by atoms with E-state index < -0.39 is 19.9 Å². The van der Waals surface area contributed by atoms with Crippen LogP contribution in [0.3, 0.4) is 0 Å². The number of hydrogen-bond acceptors (Lipinski definition) is 13. The molecule has 404 valence electrons. The molecule has 0 heterocycles. The molecule has 3 atom stereocenters. The number of carbonyl (C=O) groups is 3. The minimum absolute atomic E-state index is 0.0368. The number of rotatable bonds is 56. The van der Waals surface area contributed by atoms with E-state index in [4.69, 9.17) is 34.5 Å². The highest BCUT2D eigenvalue weighted by molar-refractivity contribution is 7.48. The van der Waals surface area contributed by atoms with Crippen LogP contribution in [0.5, 0.6) is 0 Å². The van der Waals surface area contributed by atoms with Crippen molar-refractivity contribution in [1.82, 2.24) is 10.6 Å². The topological polar surface area (TPSA) is 191 Å². The summed E-state index contributed by atoms with van der Waals surface area (Å²) in [7, 11) is -2.85. The zero-order valence-electron chi connectivity index (χ0n) is 44.5. The summed E-state index contributed by atoms with van der Waals surface area (Å²) in [5.74, 6) is -0.731. The molecule has 0 amide bonds. The van der Waals surface area contributed by atoms with E-state index in [0.29, 0.717) is 38.9 Å². The molecule has 0 aromatic carbocycles. The fourth-order valence-electron chi connectivity index (χ4n) is 8.35. The summed E-state index contributed by atoms with van der Waals surface area (Å²) < 4.78 is 41.1. The fraction of sp³-hybridized carbons (Fsp3) is 0.944. The molecular weight excluding hydrogens is 880 g/mol. The number of nitrogens with two attached hydrogens (primary N) is 2. The van der Waals surface area contributed by atoms with Crippen molar-refractivity contribution in [3.8, 4) is 0 Å². The Morgan fingerprint density at radius 1 is 0.485 bits per heavy atom. The Morgan fingerprint density at radius 2 is 0.912 bits per heavy atom. The molecule has 0 radical (unpaired) electrons. The second-order valence-electron chi connectivity index (χ2n) is 19.2. The van der Waals surface area contributed by atoms with Crippen molar-refractivity contribution >= 4 is 25.5 Å². The maximum absolute atomic E-state index is 13.5. The van der Waals surface area contributed by atoms with Crippen molar-refractivity contribution in [3.05, 3.63) is 0 Å². The van der Waals surface area contributed by atoms with Gasteiger partial charge in [0.25, 0.3) is 0 Å². The molecule has 0 saturated heterocycles. The summed E-state index contributed by atoms with van der Waals surface area (Å²) in [6.07, 6.45) is 40.5. The maximum Gasteiger partial charge on any atom is 0.474 e. The quantitative estimate of drug-likeness (QED) is 0.0256. The third-order valence-electron chi connectivity index (χ3n) is 12.7. The molecule has 0 aromatic heterocycles. The van der Waals surface area contributed by atoms with Gasteiger partial charge in [-0.1, -0.05) is 194 Å². The van der Waals surface area contributed by atoms with Crippen molar-refractivity contribution in [1.29, 1.82) is 0 Å². The number of unbranched alkanes of at least 4 members (excludes halogenated alkanes) is 28. The van der Waals surface area contributed by atoms with Crippen LogP contribution in [0.25, 0.3) is 0 Å². The van der Waals surface area contributed by atoms with Crippen LogP contribution in [0.2, 0.25) is 0 Å². The lowest BCUT2D eigenvalue weighted by Crippen LogP contribution is -2.38. The lowest BCUT2D eigenvalue weighted by molar-refractivity contribution is -0.161. The van der Waals surface area contributed by atoms with Crippen LogP contribution in [0, 0.1) is 0 Å². The van der Waals surface area contributed by atoms with Crippen LogP contribution in [0.1, 0.15) is 258 Å². The summed E-state index contributed by atoms with van der Waals surface area (Å²) >= 11 is 0. The highest BCUT2D eigenvalue weighted by atomic mass is 31.2. The van der Waals surface area contributed by atoms with Crippen LogP contribution in [-0.2, 0) is 42.0 Å². The largest absolute Gasteiger partial charge is 0.474 e. The molecule has 0 fully saturated rings. The number of hydrogen-bond donors (Lipinski definition) is 4. The SMILES string of the molecule is CCCCCCCCCCCCCCCCCC(=O)OCC(COP(=O)(OC)OCCCC(=O)C(CCCNCCCN)NCCCN)OC(=O)CCCCCCCCCCCCCCCCC. The molecule has 0 spiro atoms. The molecule has 6 N–H and O–H groups in total. The minimum Gasteiger partial charge on any atom is -0.462 e. The van der Waals surface area contributed by atoms with Crippen molar-refractivity contribution in [3.63, 3.8) is 0 Å². The first-order valence-electron chi connectivity index (χ1n) is 28.4. The molecule has 68 heavy (non-hydrogen) atoms. The van der Waals surface area contributed by atoms with Crippen LogP contribution >= 0.6 is 7.82 Å². The zero-order chi connectivity index (χ0) is 49.9. The third kappa shape index (κ3) is 45.7. The number of ketones is 1. The Morgan fingerprint density at radius 3 is 1.37 bits per heavy atom. The van der Waals surface area contributed by atoms with Crippen molar-refractivity contribution in [2.45, 2.75) is 270 Å². The van der Waals surface area contributed by atoms with Gasteiger partial charge in [0.2, 0.25) is 0 Å². The number of phosphoric acid groups is 1. The van der Waals surface area contributed by atoms with Gasteiger partial charge in [0, 0.05) is 26.4 Å². The number of nitrogens with one attached hydrogen (secondary N) is 2. The smallest absolute Gasteiger partial charge is 0.462 e. The van der Waals surface area contributed by atoms with Gasteiger partial charge in [-0.05, 0) is 77.7 Å². The van der Waals surface area contributed by atoms with Crippen molar-refractivity contribution in [2.24, 2.45) is 11.5 Å². The van der Waals surface area contributed by atoms with E-state index in [2.05, 4.69) is 24.5 Å². The van der Waals surface area contributed by atoms with E-state index >= 15 is 0 Å². The van der Waals surface area contributed by atoms with Gasteiger partial charge in [-0.25, -0.2) is 4.57 Å². The summed E-state index contributed by atoms with van der Waals surface area (Å²) in [6.45, 7) is 7.40. The molecule has 13 nitrogen and oxygen atoms in total. The molecule has 0 aromatic rings. The first-order chi connectivity index (χ1) is 33.2. The Bertz CT molecular complexity index is 1170. The van der Waals surface area contributed by atoms with Gasteiger partial charge in [0.05, 0.1) is 19.3 Å². The highest BCUT2D eigenvalue weighted by Crippen LogP contribution is 2.48. The Balaban J connectivity index is 4.86. The normalized spacial score (nSPS) is 13.4. The molecule has 0 rings (SSSR count). The molecule has 0 saturated carbocycles. The Hall–Kier alpha value is -1.44. The van der Waals surface area contributed by atoms with E-state index in [1.54, 1.807) is 0 Å². The minimum atomic E-state index is -4.07. The van der Waals surface area contributed by atoms with Gasteiger partial charge >= 0.3 is 19.8 Å². The summed E-state index contributed by atoms with van der Waals surface area (Å²) in [4.78, 5) is 38.9. The number of carbonyl (C=O) groups excluding carboxylic acids is 3. The maximum atomic E-state index is 13.5. The van der Waals surface area contributed by atoms with Crippen LogP contribution in [0.15, 0.2) is 0 Å². The van der Waals surface area contributed by atoms with Crippen molar-refractivity contribution in [2.75, 3.05) is 59.7 Å². The first kappa shape index (κ1) is 66.6. The predicted molar refractivity (Wildman–Crippen MR) is 282 cm³/mol. The van der Waals surface area contributed by atoms with E-state index in [0.717, 1.165) is 70.9 Å². The number of Topliss-reactive ketones (excluding diaryl/α,β-unsaturated/α-hetero) is 1. The second kappa shape index (κ2) is 51.9. The van der Waals surface area contributed by atoms with Crippen LogP contribution in [0.4, 0.5) is 0 Å². The lowest BCUT2D eigenvalue weighted by atomic mass is 10.0. The van der Waals surface area contributed by atoms with E-state index in [9.17, 15) is 18.9 Å². The molecule has 3 unspecified atom stereocenters. The monoisotopic (exact) mass is 989 g/mol. The predicted octanol–water partition coefficient (Wildman–Crippen LogP) is 13.1. The van der Waals surface area contributed by atoms with Crippen molar-refractivity contribution < 1.29 is 42.0 Å². The summed E-state index contributed by atoms with van der Waals surface area (Å²) in [5, 5.41) is 6.68. The van der Waals surface area contributed by atoms with Crippen LogP contribution in [-0.4, -0.2) is 89.5 Å². The summed E-state index contributed by atoms with van der Waals surface area (Å²) in [6, 6.07) is -0.310. The van der Waals surface area contributed by atoms with E-state index in [1.807, 2.05) is 0 Å². The second-order valence-corrected chi connectivity index (χ2v) is 21.0. The molecule has 0 aliphatic carbocycles. The summed E-state index contributed by atoms with van der Waals surface area (Å²) in [5.41, 5.74) is 11.2. The third-order valence-corrected chi connectivity index (χ3v) is 14.1. The number of phosphoric ester groups is 1. The molecular formula is C54H109N4O9P. The zero-order valence-corrected chi connectivity index (χ0v) is 45.4. The highest BCUT2D eigenvalue weighted by Gasteiger charge is 2.29. The molecule has 0 aliphatic heterocycles. The fourth-order valence-corrected chi connectivity index (χ4v) is 9.34.